The van der Waals surface area contributed by atoms with Crippen molar-refractivity contribution in [3.63, 3.8) is 0 Å². The van der Waals surface area contributed by atoms with Gasteiger partial charge in [0.25, 0.3) is 5.69 Å². The predicted octanol–water partition coefficient (Wildman–Crippen LogP) is 2.25. The van der Waals surface area contributed by atoms with Crippen molar-refractivity contribution in [2.45, 2.75) is 10.6 Å². The Labute approximate surface area is 119 Å². The Morgan fingerprint density at radius 2 is 1.90 bits per heavy atom. The molecule has 0 atom stereocenters. The molecule has 0 saturated carbocycles. The summed E-state index contributed by atoms with van der Waals surface area (Å²) < 4.78 is 0. The van der Waals surface area contributed by atoms with Gasteiger partial charge in [0, 0.05) is 28.3 Å². The molecule has 0 aliphatic carbocycles. The van der Waals surface area contributed by atoms with E-state index in [1.165, 1.54) is 30.0 Å². The van der Waals surface area contributed by atoms with Crippen LogP contribution in [-0.2, 0) is 5.75 Å². The Morgan fingerprint density at radius 1 is 1.15 bits per heavy atom. The maximum atomic E-state index is 11.0. The van der Waals surface area contributed by atoms with Crippen LogP contribution in [0.2, 0.25) is 0 Å². The molecule has 0 aliphatic heterocycles. The SMILES string of the molecule is O=C([O-])c1ccccc1SCc1cccc([N+](=O)[O-])c1. The van der Waals surface area contributed by atoms with Crippen molar-refractivity contribution < 1.29 is 14.8 Å². The smallest absolute Gasteiger partial charge is 0.269 e. The van der Waals surface area contributed by atoms with Crippen molar-refractivity contribution in [1.82, 2.24) is 0 Å². The third kappa shape index (κ3) is 3.36. The van der Waals surface area contributed by atoms with Gasteiger partial charge in [0.1, 0.15) is 0 Å². The maximum Gasteiger partial charge on any atom is 0.269 e. The first-order chi connectivity index (χ1) is 9.58. The Balaban J connectivity index is 2.15. The van der Waals surface area contributed by atoms with Crippen LogP contribution in [0.1, 0.15) is 15.9 Å². The summed E-state index contributed by atoms with van der Waals surface area (Å²) in [5, 5.41) is 21.6. The van der Waals surface area contributed by atoms with E-state index in [1.54, 1.807) is 30.3 Å². The average Bonchev–Trinajstić information content (AvgIpc) is 2.45. The minimum atomic E-state index is -1.23. The summed E-state index contributed by atoms with van der Waals surface area (Å²) in [7, 11) is 0. The largest absolute Gasteiger partial charge is 0.545 e. The number of hydrogen-bond acceptors (Lipinski definition) is 5. The van der Waals surface area contributed by atoms with Gasteiger partial charge >= 0.3 is 0 Å². The molecule has 0 N–H and O–H groups in total. The molecule has 20 heavy (non-hydrogen) atoms. The van der Waals surface area contributed by atoms with Gasteiger partial charge in [-0.3, -0.25) is 10.1 Å². The molecule has 6 heteroatoms. The minimum absolute atomic E-state index is 0.0243. The van der Waals surface area contributed by atoms with Crippen molar-refractivity contribution >= 4 is 23.4 Å². The standard InChI is InChI=1S/C14H11NO4S/c16-14(17)12-6-1-2-7-13(12)20-9-10-4-3-5-11(8-10)15(18)19/h1-8H,9H2,(H,16,17)/p-1. The molecule has 102 valence electrons. The van der Waals surface area contributed by atoms with Crippen LogP contribution in [0.25, 0.3) is 0 Å². The van der Waals surface area contributed by atoms with Crippen molar-refractivity contribution in [1.29, 1.82) is 0 Å². The first kappa shape index (κ1) is 14.1. The van der Waals surface area contributed by atoms with Gasteiger partial charge < -0.3 is 9.90 Å². The first-order valence-electron chi connectivity index (χ1n) is 5.74. The summed E-state index contributed by atoms with van der Waals surface area (Å²) in [5.41, 5.74) is 0.913. The van der Waals surface area contributed by atoms with Crippen molar-refractivity contribution in [2.75, 3.05) is 0 Å². The molecule has 0 unspecified atom stereocenters. The van der Waals surface area contributed by atoms with Crippen LogP contribution >= 0.6 is 11.8 Å². The molecule has 2 rings (SSSR count). The zero-order valence-corrected chi connectivity index (χ0v) is 11.1. The number of carbonyl (C=O) groups is 1. The van der Waals surface area contributed by atoms with Crippen LogP contribution in [0.4, 0.5) is 5.69 Å². The van der Waals surface area contributed by atoms with E-state index in [0.717, 1.165) is 5.56 Å². The van der Waals surface area contributed by atoms with E-state index >= 15 is 0 Å². The lowest BCUT2D eigenvalue weighted by atomic mass is 10.2. The number of non-ortho nitro benzene ring substituents is 1. The summed E-state index contributed by atoms with van der Waals surface area (Å²) in [6.07, 6.45) is 0. The lowest BCUT2D eigenvalue weighted by Gasteiger charge is -2.09. The molecule has 0 fully saturated rings. The molecular weight excluding hydrogens is 278 g/mol. The van der Waals surface area contributed by atoms with Crippen molar-refractivity contribution in [2.24, 2.45) is 0 Å². The second-order valence-electron chi connectivity index (χ2n) is 4.00. The average molecular weight is 288 g/mol. The van der Waals surface area contributed by atoms with Gasteiger partial charge in [-0.25, -0.2) is 0 Å². The molecular formula is C14H10NO4S-. The highest BCUT2D eigenvalue weighted by Crippen LogP contribution is 2.27. The Kier molecular flexibility index (Phi) is 4.37. The van der Waals surface area contributed by atoms with Crippen LogP contribution in [0, 0.1) is 10.1 Å². The zero-order chi connectivity index (χ0) is 14.5. The number of rotatable bonds is 5. The van der Waals surface area contributed by atoms with Crippen molar-refractivity contribution in [3.8, 4) is 0 Å². The number of thioether (sulfide) groups is 1. The highest BCUT2D eigenvalue weighted by Gasteiger charge is 2.07. The second-order valence-corrected chi connectivity index (χ2v) is 5.02. The number of nitro groups is 1. The summed E-state index contributed by atoms with van der Waals surface area (Å²) in [6.45, 7) is 0. The molecule has 0 aromatic heterocycles. The van der Waals surface area contributed by atoms with Gasteiger partial charge in [0.2, 0.25) is 0 Å². The number of carboxylic acids is 1. The Bertz CT molecular complexity index is 657. The molecule has 0 radical (unpaired) electrons. The molecule has 0 heterocycles. The Morgan fingerprint density at radius 3 is 2.60 bits per heavy atom. The topological polar surface area (TPSA) is 83.3 Å². The monoisotopic (exact) mass is 288 g/mol. The van der Waals surface area contributed by atoms with Gasteiger partial charge in [0.15, 0.2) is 0 Å². The summed E-state index contributed by atoms with van der Waals surface area (Å²) in [5.74, 6) is -0.779. The molecule has 0 bridgehead atoms. The number of carbonyl (C=O) groups excluding carboxylic acids is 1. The predicted molar refractivity (Wildman–Crippen MR) is 73.4 cm³/mol. The van der Waals surface area contributed by atoms with Gasteiger partial charge in [-0.05, 0) is 11.6 Å². The molecule has 0 spiro atoms. The fourth-order valence-corrected chi connectivity index (χ4v) is 2.67. The van der Waals surface area contributed by atoms with Crippen LogP contribution in [0.15, 0.2) is 53.4 Å². The fourth-order valence-electron chi connectivity index (χ4n) is 1.68. The number of benzene rings is 2. The molecule has 0 saturated heterocycles. The van der Waals surface area contributed by atoms with Crippen LogP contribution in [-0.4, -0.2) is 10.9 Å². The second kappa shape index (κ2) is 6.21. The van der Waals surface area contributed by atoms with Crippen LogP contribution < -0.4 is 5.11 Å². The van der Waals surface area contributed by atoms with E-state index in [0.29, 0.717) is 10.6 Å². The summed E-state index contributed by atoms with van der Waals surface area (Å²) in [6, 6.07) is 12.8. The third-order valence-corrected chi connectivity index (χ3v) is 3.77. The highest BCUT2D eigenvalue weighted by atomic mass is 32.2. The third-order valence-electron chi connectivity index (χ3n) is 2.62. The summed E-state index contributed by atoms with van der Waals surface area (Å²) >= 11 is 1.31. The van der Waals surface area contributed by atoms with E-state index in [2.05, 4.69) is 0 Å². The molecule has 2 aromatic carbocycles. The maximum absolute atomic E-state index is 11.0. The zero-order valence-electron chi connectivity index (χ0n) is 10.3. The van der Waals surface area contributed by atoms with Gasteiger partial charge in [-0.1, -0.05) is 30.3 Å². The molecule has 5 nitrogen and oxygen atoms in total. The number of nitrogens with zero attached hydrogens (tertiary/aromatic N) is 1. The van der Waals surface area contributed by atoms with Gasteiger partial charge in [-0.15, -0.1) is 11.8 Å². The number of nitro benzene ring substituents is 1. The van der Waals surface area contributed by atoms with E-state index in [9.17, 15) is 20.0 Å². The highest BCUT2D eigenvalue weighted by molar-refractivity contribution is 7.98. The number of aromatic carboxylic acids is 1. The lowest BCUT2D eigenvalue weighted by molar-refractivity contribution is -0.384. The fraction of sp³-hybridized carbons (Fsp3) is 0.0714. The van der Waals surface area contributed by atoms with E-state index in [-0.39, 0.29) is 11.3 Å². The van der Waals surface area contributed by atoms with Crippen LogP contribution in [0.5, 0.6) is 0 Å². The Hall–Kier alpha value is -2.34. The summed E-state index contributed by atoms with van der Waals surface area (Å²) in [4.78, 5) is 21.8. The molecule has 2 aromatic rings. The van der Waals surface area contributed by atoms with E-state index in [4.69, 9.17) is 0 Å². The van der Waals surface area contributed by atoms with E-state index in [1.807, 2.05) is 0 Å². The minimum Gasteiger partial charge on any atom is -0.545 e. The molecule has 0 amide bonds. The first-order valence-corrected chi connectivity index (χ1v) is 6.73. The number of carboxylic acid groups (broad SMARTS) is 1. The molecule has 0 aliphatic rings. The van der Waals surface area contributed by atoms with Crippen LogP contribution in [0.3, 0.4) is 0 Å². The quantitative estimate of drug-likeness (QED) is 0.478. The van der Waals surface area contributed by atoms with Gasteiger partial charge in [-0.2, -0.15) is 0 Å². The van der Waals surface area contributed by atoms with E-state index < -0.39 is 10.9 Å². The van der Waals surface area contributed by atoms with Gasteiger partial charge in [0.05, 0.1) is 10.9 Å². The number of hydrogen-bond donors (Lipinski definition) is 0. The van der Waals surface area contributed by atoms with Crippen molar-refractivity contribution in [3.05, 3.63) is 69.8 Å². The lowest BCUT2D eigenvalue weighted by Crippen LogP contribution is -2.22. The normalized spacial score (nSPS) is 10.2.